The first-order valence-electron chi connectivity index (χ1n) is 7.67. The molecule has 1 aliphatic rings. The number of carbonyl (C=O) groups is 1. The molecule has 126 valence electrons. The zero-order chi connectivity index (χ0) is 17.1. The third-order valence-corrected chi connectivity index (χ3v) is 5.32. The number of thioether (sulfide) groups is 1. The number of carbonyl (C=O) groups excluding carboxylic acids is 1. The molecule has 24 heavy (non-hydrogen) atoms. The molecule has 0 radical (unpaired) electrons. The molecular formula is C18H17ClFNO2S. The second-order valence-corrected chi connectivity index (χ2v) is 6.88. The first-order chi connectivity index (χ1) is 11.6. The fourth-order valence-corrected chi connectivity index (χ4v) is 4.10. The molecule has 2 aromatic rings. The molecule has 0 bridgehead atoms. The molecule has 0 aromatic heterocycles. The van der Waals surface area contributed by atoms with Crippen LogP contribution in [0.1, 0.15) is 23.4 Å². The lowest BCUT2D eigenvalue weighted by molar-refractivity contribution is -0.128. The van der Waals surface area contributed by atoms with Gasteiger partial charge in [-0.25, -0.2) is 4.39 Å². The van der Waals surface area contributed by atoms with Crippen LogP contribution in [-0.2, 0) is 11.3 Å². The molecule has 0 N–H and O–H groups in total. The van der Waals surface area contributed by atoms with E-state index in [1.807, 2.05) is 31.2 Å². The van der Waals surface area contributed by atoms with E-state index in [4.69, 9.17) is 16.3 Å². The normalized spacial score (nSPS) is 17.4. The Kier molecular flexibility index (Phi) is 5.31. The molecular weight excluding hydrogens is 349 g/mol. The second-order valence-electron chi connectivity index (χ2n) is 5.40. The summed E-state index contributed by atoms with van der Waals surface area (Å²) in [6.45, 7) is 2.88. The van der Waals surface area contributed by atoms with E-state index in [2.05, 4.69) is 0 Å². The minimum absolute atomic E-state index is 0.0525. The van der Waals surface area contributed by atoms with Crippen LogP contribution in [0.3, 0.4) is 0 Å². The molecule has 0 saturated carbocycles. The van der Waals surface area contributed by atoms with Crippen molar-refractivity contribution >= 4 is 29.3 Å². The molecule has 1 aliphatic heterocycles. The molecule has 1 unspecified atom stereocenters. The molecule has 1 amide bonds. The van der Waals surface area contributed by atoms with Crippen LogP contribution in [0.25, 0.3) is 0 Å². The van der Waals surface area contributed by atoms with Gasteiger partial charge >= 0.3 is 0 Å². The lowest BCUT2D eigenvalue weighted by Gasteiger charge is -2.26. The van der Waals surface area contributed by atoms with Gasteiger partial charge in [0.05, 0.1) is 17.4 Å². The number of rotatable bonds is 5. The van der Waals surface area contributed by atoms with Crippen LogP contribution in [0, 0.1) is 5.82 Å². The van der Waals surface area contributed by atoms with E-state index in [-0.39, 0.29) is 16.3 Å². The van der Waals surface area contributed by atoms with Crippen molar-refractivity contribution in [2.75, 3.05) is 12.4 Å². The van der Waals surface area contributed by atoms with Gasteiger partial charge in [0.15, 0.2) is 0 Å². The summed E-state index contributed by atoms with van der Waals surface area (Å²) < 4.78 is 19.0. The maximum Gasteiger partial charge on any atom is 0.234 e. The highest BCUT2D eigenvalue weighted by Gasteiger charge is 2.34. The standard InChI is InChI=1S/C18H17ClFNO2S/c1-2-23-16-6-4-3-5-13(16)18-21(17(22)11-24-18)10-12-7-8-15(20)14(19)9-12/h3-9,18H,2,10-11H2,1H3. The Bertz CT molecular complexity index is 756. The molecule has 3 nitrogen and oxygen atoms in total. The molecule has 6 heteroatoms. The first kappa shape index (κ1) is 17.1. The highest BCUT2D eigenvalue weighted by Crippen LogP contribution is 2.43. The number of halogens is 2. The van der Waals surface area contributed by atoms with Gasteiger partial charge in [-0.3, -0.25) is 4.79 Å². The Morgan fingerprint density at radius 2 is 2.12 bits per heavy atom. The zero-order valence-electron chi connectivity index (χ0n) is 13.2. The van der Waals surface area contributed by atoms with E-state index >= 15 is 0 Å². The SMILES string of the molecule is CCOc1ccccc1C1SCC(=O)N1Cc1ccc(F)c(Cl)c1. The molecule has 1 heterocycles. The van der Waals surface area contributed by atoms with Gasteiger partial charge in [0, 0.05) is 12.1 Å². The van der Waals surface area contributed by atoms with Crippen LogP contribution in [0.15, 0.2) is 42.5 Å². The summed E-state index contributed by atoms with van der Waals surface area (Å²) in [7, 11) is 0. The van der Waals surface area contributed by atoms with E-state index in [0.717, 1.165) is 16.9 Å². The Morgan fingerprint density at radius 3 is 2.88 bits per heavy atom. The van der Waals surface area contributed by atoms with Crippen molar-refractivity contribution in [1.82, 2.24) is 4.90 Å². The van der Waals surface area contributed by atoms with Gasteiger partial charge in [-0.2, -0.15) is 0 Å². The number of hydrogen-bond donors (Lipinski definition) is 0. The molecule has 3 rings (SSSR count). The van der Waals surface area contributed by atoms with E-state index in [1.165, 1.54) is 6.07 Å². The monoisotopic (exact) mass is 365 g/mol. The molecule has 1 saturated heterocycles. The van der Waals surface area contributed by atoms with E-state index in [9.17, 15) is 9.18 Å². The largest absolute Gasteiger partial charge is 0.493 e. The molecule has 0 aliphatic carbocycles. The van der Waals surface area contributed by atoms with Crippen molar-refractivity contribution in [1.29, 1.82) is 0 Å². The van der Waals surface area contributed by atoms with E-state index in [1.54, 1.807) is 28.8 Å². The van der Waals surface area contributed by atoms with Gasteiger partial charge < -0.3 is 9.64 Å². The second kappa shape index (κ2) is 7.45. The highest BCUT2D eigenvalue weighted by atomic mass is 35.5. The van der Waals surface area contributed by atoms with Gasteiger partial charge in [-0.05, 0) is 30.7 Å². The van der Waals surface area contributed by atoms with E-state index in [0.29, 0.717) is 18.9 Å². The quantitative estimate of drug-likeness (QED) is 0.772. The maximum atomic E-state index is 13.3. The Hall–Kier alpha value is -1.72. The van der Waals surface area contributed by atoms with Crippen molar-refractivity contribution in [2.45, 2.75) is 18.8 Å². The minimum Gasteiger partial charge on any atom is -0.493 e. The fourth-order valence-electron chi connectivity index (χ4n) is 2.69. The summed E-state index contributed by atoms with van der Waals surface area (Å²) in [5.41, 5.74) is 1.78. The topological polar surface area (TPSA) is 29.5 Å². The lowest BCUT2D eigenvalue weighted by atomic mass is 10.1. The van der Waals surface area contributed by atoms with Crippen LogP contribution in [-0.4, -0.2) is 23.2 Å². The smallest absolute Gasteiger partial charge is 0.234 e. The van der Waals surface area contributed by atoms with Crippen molar-refractivity contribution in [2.24, 2.45) is 0 Å². The third-order valence-electron chi connectivity index (χ3n) is 3.79. The van der Waals surface area contributed by atoms with Gasteiger partial charge in [0.1, 0.15) is 16.9 Å². The maximum absolute atomic E-state index is 13.3. The Morgan fingerprint density at radius 1 is 1.33 bits per heavy atom. The van der Waals surface area contributed by atoms with Crippen LogP contribution < -0.4 is 4.74 Å². The van der Waals surface area contributed by atoms with Crippen LogP contribution >= 0.6 is 23.4 Å². The Labute approximate surface area is 149 Å². The fraction of sp³-hybridized carbons (Fsp3) is 0.278. The number of benzene rings is 2. The van der Waals surface area contributed by atoms with Gasteiger partial charge in [-0.15, -0.1) is 11.8 Å². The van der Waals surface area contributed by atoms with Crippen LogP contribution in [0.4, 0.5) is 4.39 Å². The number of ether oxygens (including phenoxy) is 1. The average Bonchev–Trinajstić information content (AvgIpc) is 2.93. The molecule has 1 atom stereocenters. The third kappa shape index (κ3) is 3.52. The van der Waals surface area contributed by atoms with Crippen LogP contribution in [0.2, 0.25) is 5.02 Å². The summed E-state index contributed by atoms with van der Waals surface area (Å²) in [5, 5.41) is -0.0536. The number of nitrogens with zero attached hydrogens (tertiary/aromatic N) is 1. The summed E-state index contributed by atoms with van der Waals surface area (Å²) in [4.78, 5) is 14.1. The first-order valence-corrected chi connectivity index (χ1v) is 9.09. The van der Waals surface area contributed by atoms with Gasteiger partial charge in [0.25, 0.3) is 0 Å². The average molecular weight is 366 g/mol. The van der Waals surface area contributed by atoms with Crippen molar-refractivity contribution in [3.05, 3.63) is 64.4 Å². The summed E-state index contributed by atoms with van der Waals surface area (Å²) in [6, 6.07) is 12.3. The minimum atomic E-state index is -0.458. The predicted molar refractivity (Wildman–Crippen MR) is 94.8 cm³/mol. The van der Waals surface area contributed by atoms with Crippen LogP contribution in [0.5, 0.6) is 5.75 Å². The van der Waals surface area contributed by atoms with Crippen molar-refractivity contribution < 1.29 is 13.9 Å². The van der Waals surface area contributed by atoms with Crippen molar-refractivity contribution in [3.8, 4) is 5.75 Å². The van der Waals surface area contributed by atoms with Gasteiger partial charge in [0.2, 0.25) is 5.91 Å². The lowest BCUT2D eigenvalue weighted by Crippen LogP contribution is -2.28. The van der Waals surface area contributed by atoms with Gasteiger partial charge in [-0.1, -0.05) is 35.9 Å². The number of amides is 1. The molecule has 2 aromatic carbocycles. The Balaban J connectivity index is 1.88. The molecule has 1 fully saturated rings. The molecule has 0 spiro atoms. The predicted octanol–water partition coefficient (Wildman–Crippen LogP) is 4.65. The summed E-state index contributed by atoms with van der Waals surface area (Å²) >= 11 is 7.42. The summed E-state index contributed by atoms with van der Waals surface area (Å²) in [6.07, 6.45) is 0. The summed E-state index contributed by atoms with van der Waals surface area (Å²) in [5.74, 6) is 0.798. The zero-order valence-corrected chi connectivity index (χ0v) is 14.7. The highest BCUT2D eigenvalue weighted by molar-refractivity contribution is 8.00. The number of para-hydroxylation sites is 1. The number of hydrogen-bond acceptors (Lipinski definition) is 3. The van der Waals surface area contributed by atoms with E-state index < -0.39 is 5.82 Å². The van der Waals surface area contributed by atoms with Crippen molar-refractivity contribution in [3.63, 3.8) is 0 Å².